The van der Waals surface area contributed by atoms with Crippen LogP contribution in [0.5, 0.6) is 0 Å². The molecule has 1 saturated heterocycles. The minimum Gasteiger partial charge on any atom is -0.379 e. The Kier molecular flexibility index (Phi) is 5.02. The molecular weight excluding hydrogens is 256 g/mol. The van der Waals surface area contributed by atoms with E-state index in [1.807, 2.05) is 13.8 Å². The van der Waals surface area contributed by atoms with Crippen molar-refractivity contribution in [3.05, 3.63) is 0 Å². The highest BCUT2D eigenvalue weighted by Crippen LogP contribution is 2.28. The van der Waals surface area contributed by atoms with Gasteiger partial charge in [0.1, 0.15) is 12.1 Å². The maximum atomic E-state index is 12.5. The third-order valence-electron chi connectivity index (χ3n) is 4.43. The van der Waals surface area contributed by atoms with Crippen LogP contribution in [-0.2, 0) is 14.3 Å². The van der Waals surface area contributed by atoms with Crippen LogP contribution in [0.25, 0.3) is 0 Å². The SMILES string of the molecule is CCC(C)C1NC(=O)C(C)N(CCOCC2CC2)C1=O. The number of rotatable bonds is 7. The summed E-state index contributed by atoms with van der Waals surface area (Å²) < 4.78 is 5.59. The summed E-state index contributed by atoms with van der Waals surface area (Å²) in [6, 6.07) is -0.778. The van der Waals surface area contributed by atoms with Gasteiger partial charge in [0, 0.05) is 13.2 Å². The van der Waals surface area contributed by atoms with Gasteiger partial charge >= 0.3 is 0 Å². The zero-order valence-corrected chi connectivity index (χ0v) is 12.7. The van der Waals surface area contributed by atoms with E-state index in [1.165, 1.54) is 12.8 Å². The summed E-state index contributed by atoms with van der Waals surface area (Å²) in [5.41, 5.74) is 0. The van der Waals surface area contributed by atoms with Crippen LogP contribution in [0.2, 0.25) is 0 Å². The second kappa shape index (κ2) is 6.57. The van der Waals surface area contributed by atoms with Gasteiger partial charge in [0.2, 0.25) is 11.8 Å². The Bertz CT molecular complexity index is 368. The second-order valence-electron chi connectivity index (χ2n) is 6.10. The minimum absolute atomic E-state index is 0.0291. The van der Waals surface area contributed by atoms with Crippen molar-refractivity contribution in [1.82, 2.24) is 10.2 Å². The number of carbonyl (C=O) groups is 2. The summed E-state index contributed by atoms with van der Waals surface area (Å²) >= 11 is 0. The fourth-order valence-electron chi connectivity index (χ4n) is 2.47. The lowest BCUT2D eigenvalue weighted by Gasteiger charge is -2.39. The van der Waals surface area contributed by atoms with Gasteiger partial charge in [0.15, 0.2) is 0 Å². The summed E-state index contributed by atoms with van der Waals surface area (Å²) in [5, 5.41) is 2.84. The van der Waals surface area contributed by atoms with E-state index in [2.05, 4.69) is 5.32 Å². The molecule has 0 radical (unpaired) electrons. The number of nitrogens with zero attached hydrogens (tertiary/aromatic N) is 1. The first-order chi connectivity index (χ1) is 9.54. The molecule has 2 fully saturated rings. The molecule has 0 spiro atoms. The second-order valence-corrected chi connectivity index (χ2v) is 6.10. The van der Waals surface area contributed by atoms with Crippen LogP contribution < -0.4 is 5.32 Å². The van der Waals surface area contributed by atoms with Crippen molar-refractivity contribution in [3.8, 4) is 0 Å². The highest BCUT2D eigenvalue weighted by molar-refractivity contribution is 5.96. The summed E-state index contributed by atoms with van der Waals surface area (Å²) in [7, 11) is 0. The Labute approximate surface area is 121 Å². The van der Waals surface area contributed by atoms with Crippen LogP contribution in [0.1, 0.15) is 40.0 Å². The quantitative estimate of drug-likeness (QED) is 0.713. The molecule has 114 valence electrons. The van der Waals surface area contributed by atoms with Gasteiger partial charge < -0.3 is 15.0 Å². The topological polar surface area (TPSA) is 58.6 Å². The van der Waals surface area contributed by atoms with Crippen molar-refractivity contribution in [2.24, 2.45) is 11.8 Å². The average molecular weight is 282 g/mol. The van der Waals surface area contributed by atoms with Gasteiger partial charge in [-0.25, -0.2) is 0 Å². The molecule has 1 saturated carbocycles. The molecule has 2 amide bonds. The van der Waals surface area contributed by atoms with E-state index in [4.69, 9.17) is 4.74 Å². The molecule has 0 aromatic heterocycles. The summed E-state index contributed by atoms with van der Waals surface area (Å²) in [4.78, 5) is 26.1. The van der Waals surface area contributed by atoms with Crippen LogP contribution in [0.4, 0.5) is 0 Å². The van der Waals surface area contributed by atoms with Gasteiger partial charge in [-0.1, -0.05) is 20.3 Å². The van der Waals surface area contributed by atoms with Crippen LogP contribution in [-0.4, -0.2) is 48.6 Å². The Morgan fingerprint density at radius 2 is 2.10 bits per heavy atom. The molecule has 1 aliphatic heterocycles. The molecule has 5 nitrogen and oxygen atoms in total. The number of hydrogen-bond acceptors (Lipinski definition) is 3. The largest absolute Gasteiger partial charge is 0.379 e. The molecule has 0 bridgehead atoms. The molecule has 2 aliphatic rings. The molecule has 2 rings (SSSR count). The third kappa shape index (κ3) is 3.51. The maximum absolute atomic E-state index is 12.5. The molecule has 1 N–H and O–H groups in total. The standard InChI is InChI=1S/C15H26N2O3/c1-4-10(2)13-15(19)17(11(3)14(18)16-13)7-8-20-9-12-5-6-12/h10-13H,4-9H2,1-3H3,(H,16,18). The first-order valence-corrected chi connectivity index (χ1v) is 7.73. The summed E-state index contributed by atoms with van der Waals surface area (Å²) in [6.07, 6.45) is 3.40. The third-order valence-corrected chi connectivity index (χ3v) is 4.43. The molecule has 3 unspecified atom stereocenters. The molecule has 3 atom stereocenters. The summed E-state index contributed by atoms with van der Waals surface area (Å²) in [5.74, 6) is 0.855. The highest BCUT2D eigenvalue weighted by atomic mass is 16.5. The smallest absolute Gasteiger partial charge is 0.246 e. The number of amides is 2. The van der Waals surface area contributed by atoms with Gasteiger partial charge in [0.25, 0.3) is 0 Å². The zero-order valence-electron chi connectivity index (χ0n) is 12.7. The molecule has 20 heavy (non-hydrogen) atoms. The summed E-state index contributed by atoms with van der Waals surface area (Å²) in [6.45, 7) is 7.63. The monoisotopic (exact) mass is 282 g/mol. The van der Waals surface area contributed by atoms with Crippen LogP contribution >= 0.6 is 0 Å². The molecule has 1 heterocycles. The molecule has 0 aromatic carbocycles. The van der Waals surface area contributed by atoms with E-state index >= 15 is 0 Å². The Balaban J connectivity index is 1.88. The Hall–Kier alpha value is -1.10. The van der Waals surface area contributed by atoms with E-state index < -0.39 is 6.04 Å². The lowest BCUT2D eigenvalue weighted by Crippen LogP contribution is -2.64. The van der Waals surface area contributed by atoms with Crippen LogP contribution in [0.15, 0.2) is 0 Å². The average Bonchev–Trinajstić information content (AvgIpc) is 3.25. The molecule has 5 heteroatoms. The number of piperazine rings is 1. The van der Waals surface area contributed by atoms with E-state index in [9.17, 15) is 9.59 Å². The Morgan fingerprint density at radius 3 is 2.70 bits per heavy atom. The van der Waals surface area contributed by atoms with Crippen molar-refractivity contribution in [2.75, 3.05) is 19.8 Å². The molecule has 0 aromatic rings. The van der Waals surface area contributed by atoms with Gasteiger partial charge in [-0.15, -0.1) is 0 Å². The van der Waals surface area contributed by atoms with Gasteiger partial charge in [0.05, 0.1) is 6.61 Å². The Morgan fingerprint density at radius 1 is 1.40 bits per heavy atom. The van der Waals surface area contributed by atoms with Crippen LogP contribution in [0.3, 0.4) is 0 Å². The number of nitrogens with one attached hydrogen (secondary N) is 1. The van der Waals surface area contributed by atoms with Crippen molar-refractivity contribution in [3.63, 3.8) is 0 Å². The van der Waals surface area contributed by atoms with E-state index in [1.54, 1.807) is 11.8 Å². The first kappa shape index (κ1) is 15.3. The van der Waals surface area contributed by atoms with Crippen molar-refractivity contribution in [2.45, 2.75) is 52.1 Å². The van der Waals surface area contributed by atoms with E-state index in [0.29, 0.717) is 13.2 Å². The molecule has 1 aliphatic carbocycles. The van der Waals surface area contributed by atoms with E-state index in [-0.39, 0.29) is 23.8 Å². The van der Waals surface area contributed by atoms with Gasteiger partial charge in [-0.3, -0.25) is 9.59 Å². The fraction of sp³-hybridized carbons (Fsp3) is 0.867. The first-order valence-electron chi connectivity index (χ1n) is 7.73. The van der Waals surface area contributed by atoms with Crippen LogP contribution in [0, 0.1) is 11.8 Å². The lowest BCUT2D eigenvalue weighted by molar-refractivity contribution is -0.150. The van der Waals surface area contributed by atoms with Crippen molar-refractivity contribution in [1.29, 1.82) is 0 Å². The number of carbonyl (C=O) groups excluding carboxylic acids is 2. The van der Waals surface area contributed by atoms with Crippen molar-refractivity contribution < 1.29 is 14.3 Å². The predicted molar refractivity (Wildman–Crippen MR) is 76.1 cm³/mol. The van der Waals surface area contributed by atoms with Crippen molar-refractivity contribution >= 4 is 11.8 Å². The number of hydrogen-bond donors (Lipinski definition) is 1. The molecular formula is C15H26N2O3. The maximum Gasteiger partial charge on any atom is 0.246 e. The van der Waals surface area contributed by atoms with E-state index in [0.717, 1.165) is 18.9 Å². The van der Waals surface area contributed by atoms with Gasteiger partial charge in [-0.05, 0) is 31.6 Å². The fourth-order valence-corrected chi connectivity index (χ4v) is 2.47. The van der Waals surface area contributed by atoms with Gasteiger partial charge in [-0.2, -0.15) is 0 Å². The highest BCUT2D eigenvalue weighted by Gasteiger charge is 2.39. The minimum atomic E-state index is -0.396. The predicted octanol–water partition coefficient (Wildman–Crippen LogP) is 1.17. The number of ether oxygens (including phenoxy) is 1. The normalized spacial score (nSPS) is 28.4. The lowest BCUT2D eigenvalue weighted by atomic mass is 9.94. The zero-order chi connectivity index (χ0) is 14.7.